The van der Waals surface area contributed by atoms with E-state index in [1.807, 2.05) is 23.1 Å². The van der Waals surface area contributed by atoms with E-state index in [1.54, 1.807) is 11.3 Å². The third-order valence-electron chi connectivity index (χ3n) is 4.87. The highest BCUT2D eigenvalue weighted by molar-refractivity contribution is 7.18. The predicted molar refractivity (Wildman–Crippen MR) is 91.5 cm³/mol. The van der Waals surface area contributed by atoms with E-state index in [-0.39, 0.29) is 11.9 Å². The summed E-state index contributed by atoms with van der Waals surface area (Å²) in [5.41, 5.74) is 1.05. The van der Waals surface area contributed by atoms with Crippen LogP contribution in [0.25, 0.3) is 10.2 Å². The van der Waals surface area contributed by atoms with Gasteiger partial charge in [0, 0.05) is 19.6 Å². The summed E-state index contributed by atoms with van der Waals surface area (Å²) in [5.74, 6) is 0.266. The van der Waals surface area contributed by atoms with Crippen LogP contribution in [0.2, 0.25) is 0 Å². The molecule has 3 heterocycles. The van der Waals surface area contributed by atoms with Crippen LogP contribution >= 0.6 is 11.3 Å². The maximum atomic E-state index is 12.6. The summed E-state index contributed by atoms with van der Waals surface area (Å²) in [5, 5.41) is 1.09. The Hall–Kier alpha value is -1.46. The molecule has 2 aromatic rings. The van der Waals surface area contributed by atoms with E-state index in [0.29, 0.717) is 12.5 Å². The molecule has 1 amide bonds. The minimum atomic E-state index is 0.171. The molecule has 0 radical (unpaired) electrons. The van der Waals surface area contributed by atoms with E-state index < -0.39 is 0 Å². The molecule has 2 atom stereocenters. The van der Waals surface area contributed by atoms with E-state index >= 15 is 0 Å². The number of fused-ring (bicyclic) bond motifs is 1. The Kier molecular flexibility index (Phi) is 4.31. The zero-order valence-corrected chi connectivity index (χ0v) is 14.1. The topological polar surface area (TPSA) is 42.4 Å². The number of hydrogen-bond acceptors (Lipinski definition) is 4. The lowest BCUT2D eigenvalue weighted by molar-refractivity contribution is -0.132. The van der Waals surface area contributed by atoms with Gasteiger partial charge in [-0.1, -0.05) is 12.1 Å². The third-order valence-corrected chi connectivity index (χ3v) is 6.01. The molecule has 1 aromatic heterocycles. The van der Waals surface area contributed by atoms with Crippen LogP contribution in [0.15, 0.2) is 24.3 Å². The van der Waals surface area contributed by atoms with Gasteiger partial charge in [-0.05, 0) is 44.2 Å². The van der Waals surface area contributed by atoms with E-state index in [4.69, 9.17) is 9.72 Å². The van der Waals surface area contributed by atoms with Gasteiger partial charge in [0.05, 0.1) is 22.4 Å². The standard InChI is InChI=1S/C18H22N2O2S/c21-17(10-9-13-5-4-12-22-13)20-11-3-7-15(20)18-19-14-6-1-2-8-16(14)23-18/h1-2,6,8,13,15H,3-5,7,9-12H2/t13-,15+/m1/s1. The predicted octanol–water partition coefficient (Wildman–Crippen LogP) is 3.92. The van der Waals surface area contributed by atoms with Crippen LogP contribution in [0.3, 0.4) is 0 Å². The first-order chi connectivity index (χ1) is 11.3. The second-order valence-electron chi connectivity index (χ2n) is 6.44. The molecule has 0 spiro atoms. The molecule has 0 N–H and O–H groups in total. The van der Waals surface area contributed by atoms with Gasteiger partial charge in [-0.15, -0.1) is 11.3 Å². The van der Waals surface area contributed by atoms with Crippen LogP contribution in [0.4, 0.5) is 0 Å². The minimum absolute atomic E-state index is 0.171. The first-order valence-electron chi connectivity index (χ1n) is 8.58. The van der Waals surface area contributed by atoms with Crippen LogP contribution in [-0.2, 0) is 9.53 Å². The number of ether oxygens (including phenoxy) is 1. The van der Waals surface area contributed by atoms with Gasteiger partial charge in [0.2, 0.25) is 5.91 Å². The third kappa shape index (κ3) is 3.12. The summed E-state index contributed by atoms with van der Waals surface area (Å²) in [4.78, 5) is 19.5. The largest absolute Gasteiger partial charge is 0.378 e. The first-order valence-corrected chi connectivity index (χ1v) is 9.39. The maximum absolute atomic E-state index is 12.6. The Morgan fingerprint density at radius 3 is 3.04 bits per heavy atom. The zero-order chi connectivity index (χ0) is 15.6. The number of thiazole rings is 1. The molecular weight excluding hydrogens is 308 g/mol. The summed E-state index contributed by atoms with van der Waals surface area (Å²) in [7, 11) is 0. The molecule has 2 aliphatic heterocycles. The highest BCUT2D eigenvalue weighted by Gasteiger charge is 2.32. The summed E-state index contributed by atoms with van der Waals surface area (Å²) < 4.78 is 6.85. The minimum Gasteiger partial charge on any atom is -0.378 e. The average Bonchev–Trinajstić information content (AvgIpc) is 3.31. The molecular formula is C18H22N2O2S. The van der Waals surface area contributed by atoms with Gasteiger partial charge in [0.15, 0.2) is 0 Å². The van der Waals surface area contributed by atoms with Gasteiger partial charge in [0.1, 0.15) is 5.01 Å². The second-order valence-corrected chi connectivity index (χ2v) is 7.50. The normalized spacial score (nSPS) is 24.6. The van der Waals surface area contributed by atoms with E-state index in [1.165, 1.54) is 4.70 Å². The number of rotatable bonds is 4. The number of nitrogens with zero attached hydrogens (tertiary/aromatic N) is 2. The van der Waals surface area contributed by atoms with Crippen LogP contribution in [0.5, 0.6) is 0 Å². The molecule has 0 aliphatic carbocycles. The Bertz CT molecular complexity index is 660. The molecule has 2 saturated heterocycles. The highest BCUT2D eigenvalue weighted by atomic mass is 32.1. The molecule has 4 rings (SSSR count). The van der Waals surface area contributed by atoms with Crippen LogP contribution in [0.1, 0.15) is 49.6 Å². The van der Waals surface area contributed by atoms with Crippen LogP contribution < -0.4 is 0 Å². The van der Waals surface area contributed by atoms with Crippen molar-refractivity contribution in [3.63, 3.8) is 0 Å². The zero-order valence-electron chi connectivity index (χ0n) is 13.2. The number of carbonyl (C=O) groups is 1. The SMILES string of the molecule is O=C(CC[C@H]1CCCO1)N1CCC[C@H]1c1nc2ccccc2s1. The molecule has 23 heavy (non-hydrogen) atoms. The fraction of sp³-hybridized carbons (Fsp3) is 0.556. The van der Waals surface area contributed by atoms with Crippen molar-refractivity contribution >= 4 is 27.5 Å². The smallest absolute Gasteiger partial charge is 0.223 e. The number of para-hydroxylation sites is 1. The second kappa shape index (κ2) is 6.57. The first kappa shape index (κ1) is 15.1. The van der Waals surface area contributed by atoms with Crippen molar-refractivity contribution in [1.29, 1.82) is 0 Å². The molecule has 1 aromatic carbocycles. The lowest BCUT2D eigenvalue weighted by Crippen LogP contribution is -2.31. The van der Waals surface area contributed by atoms with Crippen molar-refractivity contribution in [3.05, 3.63) is 29.3 Å². The van der Waals surface area contributed by atoms with Crippen molar-refractivity contribution in [2.75, 3.05) is 13.2 Å². The number of benzene rings is 1. The number of carbonyl (C=O) groups excluding carboxylic acids is 1. The van der Waals surface area contributed by atoms with Crippen molar-refractivity contribution in [2.45, 2.75) is 50.7 Å². The summed E-state index contributed by atoms with van der Waals surface area (Å²) >= 11 is 1.73. The fourth-order valence-electron chi connectivity index (χ4n) is 3.65. The van der Waals surface area contributed by atoms with Gasteiger partial charge >= 0.3 is 0 Å². The van der Waals surface area contributed by atoms with Gasteiger partial charge < -0.3 is 9.64 Å². The Balaban J connectivity index is 1.46. The molecule has 2 fully saturated rings. The van der Waals surface area contributed by atoms with E-state index in [0.717, 1.165) is 55.8 Å². The number of aromatic nitrogens is 1. The lowest BCUT2D eigenvalue weighted by atomic mass is 10.1. The molecule has 4 nitrogen and oxygen atoms in total. The van der Waals surface area contributed by atoms with Gasteiger partial charge in [-0.25, -0.2) is 4.98 Å². The van der Waals surface area contributed by atoms with Crippen molar-refractivity contribution in [3.8, 4) is 0 Å². The molecule has 5 heteroatoms. The Morgan fingerprint density at radius 2 is 2.22 bits per heavy atom. The quantitative estimate of drug-likeness (QED) is 0.853. The van der Waals surface area contributed by atoms with E-state index in [2.05, 4.69) is 6.07 Å². The van der Waals surface area contributed by atoms with Gasteiger partial charge in [0.25, 0.3) is 0 Å². The summed E-state index contributed by atoms with van der Waals surface area (Å²) in [6, 6.07) is 8.39. The number of hydrogen-bond donors (Lipinski definition) is 0. The highest BCUT2D eigenvalue weighted by Crippen LogP contribution is 2.37. The Labute approximate surface area is 140 Å². The van der Waals surface area contributed by atoms with E-state index in [9.17, 15) is 4.79 Å². The monoisotopic (exact) mass is 330 g/mol. The van der Waals surface area contributed by atoms with Crippen LogP contribution in [-0.4, -0.2) is 35.0 Å². The summed E-state index contributed by atoms with van der Waals surface area (Å²) in [6.07, 6.45) is 6.11. The summed E-state index contributed by atoms with van der Waals surface area (Å²) in [6.45, 7) is 1.72. The van der Waals surface area contributed by atoms with Gasteiger partial charge in [-0.3, -0.25) is 4.79 Å². The number of likely N-dealkylation sites (tertiary alicyclic amines) is 1. The molecule has 2 aliphatic rings. The molecule has 122 valence electrons. The molecule has 0 unspecified atom stereocenters. The van der Waals surface area contributed by atoms with Crippen LogP contribution in [0, 0.1) is 0 Å². The number of amides is 1. The average molecular weight is 330 g/mol. The maximum Gasteiger partial charge on any atom is 0.223 e. The fourth-order valence-corrected chi connectivity index (χ4v) is 4.77. The van der Waals surface area contributed by atoms with Gasteiger partial charge in [-0.2, -0.15) is 0 Å². The van der Waals surface area contributed by atoms with Crippen molar-refractivity contribution in [1.82, 2.24) is 9.88 Å². The molecule has 0 bridgehead atoms. The van der Waals surface area contributed by atoms with Crippen molar-refractivity contribution in [2.24, 2.45) is 0 Å². The molecule has 0 saturated carbocycles. The Morgan fingerprint density at radius 1 is 1.30 bits per heavy atom. The van der Waals surface area contributed by atoms with Crippen molar-refractivity contribution < 1.29 is 9.53 Å². The lowest BCUT2D eigenvalue weighted by Gasteiger charge is -2.23.